The first kappa shape index (κ1) is 13.7. The number of rotatable bonds is 4. The van der Waals surface area contributed by atoms with Crippen LogP contribution in [0.2, 0.25) is 0 Å². The molecule has 0 unspecified atom stereocenters. The highest BCUT2D eigenvalue weighted by Gasteiger charge is 2.10. The number of nitrogens with zero attached hydrogens (tertiary/aromatic N) is 4. The molecule has 0 aromatic carbocycles. The molecular weight excluding hydrogens is 308 g/mol. The highest BCUT2D eigenvalue weighted by atomic mass is 79.9. The van der Waals surface area contributed by atoms with Gasteiger partial charge in [-0.25, -0.2) is 10.8 Å². The Hall–Kier alpha value is -1.73. The average molecular weight is 323 g/mol. The largest absolute Gasteiger partial charge is 0.353 e. The third-order valence-electron chi connectivity index (χ3n) is 2.56. The van der Waals surface area contributed by atoms with Crippen molar-refractivity contribution in [1.82, 2.24) is 15.0 Å². The third-order valence-corrected chi connectivity index (χ3v) is 3.12. The molecule has 7 heteroatoms. The monoisotopic (exact) mass is 322 g/mol. The van der Waals surface area contributed by atoms with Crippen LogP contribution in [0.25, 0.3) is 0 Å². The number of hydrogen-bond acceptors (Lipinski definition) is 6. The summed E-state index contributed by atoms with van der Waals surface area (Å²) < 4.78 is 0.807. The fourth-order valence-corrected chi connectivity index (χ4v) is 2.19. The summed E-state index contributed by atoms with van der Waals surface area (Å²) in [7, 11) is 1.94. The Labute approximate surface area is 120 Å². The molecular formula is C12H15BrN6. The van der Waals surface area contributed by atoms with Gasteiger partial charge in [0.1, 0.15) is 5.82 Å². The fourth-order valence-electron chi connectivity index (χ4n) is 1.70. The molecule has 6 nitrogen and oxygen atoms in total. The molecule has 0 atom stereocenters. The van der Waals surface area contributed by atoms with Crippen molar-refractivity contribution < 1.29 is 0 Å². The van der Waals surface area contributed by atoms with Gasteiger partial charge in [0, 0.05) is 18.9 Å². The number of nitrogen functional groups attached to an aromatic ring is 1. The van der Waals surface area contributed by atoms with Crippen molar-refractivity contribution in [2.45, 2.75) is 13.5 Å². The predicted molar refractivity (Wildman–Crippen MR) is 78.6 cm³/mol. The number of aryl methyl sites for hydroxylation is 1. The number of pyridine rings is 1. The Morgan fingerprint density at radius 2 is 2.16 bits per heavy atom. The molecule has 2 aromatic rings. The molecule has 0 fully saturated rings. The molecule has 0 amide bonds. The number of nitrogens with one attached hydrogen (secondary N) is 1. The van der Waals surface area contributed by atoms with Crippen molar-refractivity contribution in [3.63, 3.8) is 0 Å². The van der Waals surface area contributed by atoms with E-state index in [1.807, 2.05) is 37.1 Å². The number of nitrogens with two attached hydrogens (primary N) is 1. The van der Waals surface area contributed by atoms with E-state index < -0.39 is 0 Å². The summed E-state index contributed by atoms with van der Waals surface area (Å²) in [6.07, 6.45) is 1.66. The zero-order chi connectivity index (χ0) is 13.8. The fraction of sp³-hybridized carbons (Fsp3) is 0.250. The Kier molecular flexibility index (Phi) is 4.28. The molecule has 0 saturated heterocycles. The van der Waals surface area contributed by atoms with Gasteiger partial charge in [-0.3, -0.25) is 10.4 Å². The van der Waals surface area contributed by atoms with Gasteiger partial charge in [0.2, 0.25) is 5.95 Å². The molecule has 19 heavy (non-hydrogen) atoms. The second-order valence-corrected chi connectivity index (χ2v) is 4.99. The topological polar surface area (TPSA) is 80.0 Å². The Morgan fingerprint density at radius 3 is 2.84 bits per heavy atom. The molecule has 0 bridgehead atoms. The molecule has 0 aliphatic carbocycles. The van der Waals surface area contributed by atoms with E-state index in [1.54, 1.807) is 6.20 Å². The normalized spacial score (nSPS) is 10.3. The van der Waals surface area contributed by atoms with E-state index in [0.29, 0.717) is 12.5 Å². The van der Waals surface area contributed by atoms with Gasteiger partial charge >= 0.3 is 0 Å². The Balaban J connectivity index is 2.22. The van der Waals surface area contributed by atoms with Crippen LogP contribution in [0.3, 0.4) is 0 Å². The summed E-state index contributed by atoms with van der Waals surface area (Å²) in [6, 6.07) is 5.95. The van der Waals surface area contributed by atoms with Crippen LogP contribution in [0.5, 0.6) is 0 Å². The first-order valence-electron chi connectivity index (χ1n) is 5.73. The maximum atomic E-state index is 5.32. The highest BCUT2D eigenvalue weighted by molar-refractivity contribution is 9.10. The summed E-state index contributed by atoms with van der Waals surface area (Å²) in [4.78, 5) is 14.8. The van der Waals surface area contributed by atoms with Gasteiger partial charge < -0.3 is 4.90 Å². The van der Waals surface area contributed by atoms with Crippen molar-refractivity contribution >= 4 is 27.7 Å². The number of aromatic nitrogens is 3. The lowest BCUT2D eigenvalue weighted by Crippen LogP contribution is -2.21. The van der Waals surface area contributed by atoms with E-state index in [1.165, 1.54) is 0 Å². The lowest BCUT2D eigenvalue weighted by Gasteiger charge is -2.19. The second kappa shape index (κ2) is 5.94. The zero-order valence-electron chi connectivity index (χ0n) is 10.8. The van der Waals surface area contributed by atoms with Crippen LogP contribution in [-0.2, 0) is 6.54 Å². The standard InChI is InChI=1S/C12H15BrN6/c1-8-4-3-5-9(16-8)7-19(2)11-10(13)6-15-12(17-11)18-14/h3-6H,7,14H2,1-2H3,(H,15,17,18). The van der Waals surface area contributed by atoms with E-state index >= 15 is 0 Å². The molecule has 0 aliphatic rings. The molecule has 2 rings (SSSR count). The van der Waals surface area contributed by atoms with Gasteiger partial charge in [0.15, 0.2) is 0 Å². The molecule has 2 heterocycles. The minimum atomic E-state index is 0.377. The van der Waals surface area contributed by atoms with Gasteiger partial charge in [-0.05, 0) is 35.0 Å². The molecule has 100 valence electrons. The van der Waals surface area contributed by atoms with Crippen LogP contribution in [0.15, 0.2) is 28.9 Å². The van der Waals surface area contributed by atoms with Crippen molar-refractivity contribution in [2.75, 3.05) is 17.4 Å². The van der Waals surface area contributed by atoms with Crippen LogP contribution in [0, 0.1) is 6.92 Å². The summed E-state index contributed by atoms with van der Waals surface area (Å²) in [6.45, 7) is 2.63. The van der Waals surface area contributed by atoms with Crippen molar-refractivity contribution in [1.29, 1.82) is 0 Å². The number of halogens is 1. The lowest BCUT2D eigenvalue weighted by atomic mass is 10.3. The van der Waals surface area contributed by atoms with E-state index in [0.717, 1.165) is 21.7 Å². The van der Waals surface area contributed by atoms with Crippen LogP contribution in [0.4, 0.5) is 11.8 Å². The molecule has 2 aromatic heterocycles. The smallest absolute Gasteiger partial charge is 0.239 e. The molecule has 0 aliphatic heterocycles. The van der Waals surface area contributed by atoms with Crippen molar-refractivity contribution in [3.05, 3.63) is 40.3 Å². The minimum Gasteiger partial charge on any atom is -0.353 e. The van der Waals surface area contributed by atoms with Crippen molar-refractivity contribution in [3.8, 4) is 0 Å². The first-order valence-corrected chi connectivity index (χ1v) is 6.52. The second-order valence-electron chi connectivity index (χ2n) is 4.14. The predicted octanol–water partition coefficient (Wildman–Crippen LogP) is 1.86. The third kappa shape index (κ3) is 3.39. The van der Waals surface area contributed by atoms with E-state index in [4.69, 9.17) is 5.84 Å². The Morgan fingerprint density at radius 1 is 1.37 bits per heavy atom. The summed E-state index contributed by atoms with van der Waals surface area (Å²) in [5, 5.41) is 0. The van der Waals surface area contributed by atoms with Gasteiger partial charge in [0.05, 0.1) is 16.7 Å². The zero-order valence-corrected chi connectivity index (χ0v) is 12.3. The van der Waals surface area contributed by atoms with Crippen molar-refractivity contribution in [2.24, 2.45) is 5.84 Å². The summed E-state index contributed by atoms with van der Waals surface area (Å²) in [5.41, 5.74) is 4.42. The maximum Gasteiger partial charge on any atom is 0.239 e. The first-order chi connectivity index (χ1) is 9.10. The number of anilines is 2. The number of hydrazine groups is 1. The quantitative estimate of drug-likeness (QED) is 0.660. The minimum absolute atomic E-state index is 0.377. The maximum absolute atomic E-state index is 5.32. The van der Waals surface area contributed by atoms with Gasteiger partial charge in [0.25, 0.3) is 0 Å². The SMILES string of the molecule is Cc1cccc(CN(C)c2nc(NN)ncc2Br)n1. The average Bonchev–Trinajstić information content (AvgIpc) is 2.39. The van der Waals surface area contributed by atoms with Crippen LogP contribution < -0.4 is 16.2 Å². The lowest BCUT2D eigenvalue weighted by molar-refractivity contribution is 0.851. The van der Waals surface area contributed by atoms with E-state index in [9.17, 15) is 0 Å². The molecule has 0 radical (unpaired) electrons. The van der Waals surface area contributed by atoms with E-state index in [-0.39, 0.29) is 0 Å². The summed E-state index contributed by atoms with van der Waals surface area (Å²) in [5.74, 6) is 6.45. The molecule has 0 saturated carbocycles. The number of hydrogen-bond donors (Lipinski definition) is 2. The van der Waals surface area contributed by atoms with E-state index in [2.05, 4.69) is 36.3 Å². The molecule has 0 spiro atoms. The van der Waals surface area contributed by atoms with Crippen LogP contribution in [-0.4, -0.2) is 22.0 Å². The van der Waals surface area contributed by atoms with Gasteiger partial charge in [-0.15, -0.1) is 0 Å². The summed E-state index contributed by atoms with van der Waals surface area (Å²) >= 11 is 3.43. The van der Waals surface area contributed by atoms with Gasteiger partial charge in [-0.1, -0.05) is 6.07 Å². The van der Waals surface area contributed by atoms with Gasteiger partial charge in [-0.2, -0.15) is 4.98 Å². The molecule has 3 N–H and O–H groups in total. The Bertz CT molecular complexity index is 574. The van der Waals surface area contributed by atoms with Crippen LogP contribution in [0.1, 0.15) is 11.4 Å². The highest BCUT2D eigenvalue weighted by Crippen LogP contribution is 2.24. The van der Waals surface area contributed by atoms with Crippen LogP contribution >= 0.6 is 15.9 Å².